The van der Waals surface area contributed by atoms with Crippen LogP contribution in [0.3, 0.4) is 0 Å². The Morgan fingerprint density at radius 2 is 1.78 bits per heavy atom. The molecule has 1 N–H and O–H groups in total. The van der Waals surface area contributed by atoms with Gasteiger partial charge in [0, 0.05) is 25.4 Å². The van der Waals surface area contributed by atoms with E-state index in [1.807, 2.05) is 7.05 Å². The molecule has 0 atom stereocenters. The van der Waals surface area contributed by atoms with Gasteiger partial charge in [0.1, 0.15) is 10.6 Å². The molecule has 1 aromatic carbocycles. The second kappa shape index (κ2) is 6.76. The Bertz CT molecular complexity index is 766. The summed E-state index contributed by atoms with van der Waals surface area (Å²) in [6, 6.07) is 4.20. The fourth-order valence-corrected chi connectivity index (χ4v) is 4.99. The zero-order valence-corrected chi connectivity index (χ0v) is 15.1. The lowest BCUT2D eigenvalue weighted by Crippen LogP contribution is -2.43. The van der Waals surface area contributed by atoms with Crippen LogP contribution in [-0.4, -0.2) is 60.7 Å². The lowest BCUT2D eigenvalue weighted by Gasteiger charge is -2.31. The number of sulfone groups is 1. The molecule has 1 aromatic rings. The van der Waals surface area contributed by atoms with Crippen LogP contribution in [0.25, 0.3) is 0 Å². The number of hydrogen-bond donors (Lipinski definition) is 1. The first-order chi connectivity index (χ1) is 10.7. The van der Waals surface area contributed by atoms with Gasteiger partial charge in [-0.3, -0.25) is 0 Å². The molecule has 1 saturated heterocycles. The highest BCUT2D eigenvalue weighted by molar-refractivity contribution is 7.91. The Labute approximate surface area is 137 Å². The fraction of sp³-hybridized carbons (Fsp3) is 0.571. The van der Waals surface area contributed by atoms with Gasteiger partial charge in [-0.2, -0.15) is 4.31 Å². The van der Waals surface area contributed by atoms with Gasteiger partial charge in [0.25, 0.3) is 0 Å². The van der Waals surface area contributed by atoms with Crippen molar-refractivity contribution >= 4 is 19.9 Å². The molecule has 1 heterocycles. The Hall–Kier alpha value is -1.16. The minimum Gasteiger partial charge on any atom is -0.495 e. The van der Waals surface area contributed by atoms with Crippen LogP contribution in [0, 0.1) is 0 Å². The number of hydrogen-bond acceptors (Lipinski definition) is 6. The molecule has 0 aliphatic carbocycles. The van der Waals surface area contributed by atoms with Crippen molar-refractivity contribution in [1.82, 2.24) is 9.62 Å². The van der Waals surface area contributed by atoms with E-state index < -0.39 is 19.9 Å². The molecule has 0 spiro atoms. The molecule has 1 fully saturated rings. The number of ether oxygens (including phenoxy) is 1. The molecular weight excluding hydrogens is 340 g/mol. The maximum Gasteiger partial charge on any atom is 0.246 e. The smallest absolute Gasteiger partial charge is 0.246 e. The molecule has 7 nitrogen and oxygen atoms in total. The number of sulfonamides is 1. The normalized spacial score (nSPS) is 18.0. The standard InChI is InChI=1S/C14H22N2O5S2/c1-15-11-6-8-16(9-7-11)23(19,20)14-10-12(22(3,17)18)4-5-13(14)21-2/h4-5,10-11,15H,6-9H2,1-3H3. The highest BCUT2D eigenvalue weighted by Gasteiger charge is 2.32. The topological polar surface area (TPSA) is 92.8 Å². The summed E-state index contributed by atoms with van der Waals surface area (Å²) < 4.78 is 55.7. The van der Waals surface area contributed by atoms with Crippen molar-refractivity contribution < 1.29 is 21.6 Å². The summed E-state index contributed by atoms with van der Waals surface area (Å²) in [5, 5.41) is 3.14. The second-order valence-corrected chi connectivity index (χ2v) is 9.47. The van der Waals surface area contributed by atoms with Gasteiger partial charge < -0.3 is 10.1 Å². The Balaban J connectivity index is 2.43. The summed E-state index contributed by atoms with van der Waals surface area (Å²) in [7, 11) is -4.09. The second-order valence-electron chi connectivity index (χ2n) is 5.55. The molecule has 0 saturated carbocycles. The van der Waals surface area contributed by atoms with Gasteiger partial charge in [0.05, 0.1) is 12.0 Å². The number of methoxy groups -OCH3 is 1. The SMILES string of the molecule is CNC1CCN(S(=O)(=O)c2cc(S(C)(=O)=O)ccc2OC)CC1. The third kappa shape index (κ3) is 3.85. The van der Waals surface area contributed by atoms with Crippen LogP contribution in [0.4, 0.5) is 0 Å². The van der Waals surface area contributed by atoms with E-state index >= 15 is 0 Å². The molecule has 0 radical (unpaired) electrons. The molecule has 0 unspecified atom stereocenters. The van der Waals surface area contributed by atoms with Crippen molar-refractivity contribution in [2.75, 3.05) is 33.5 Å². The monoisotopic (exact) mass is 362 g/mol. The van der Waals surface area contributed by atoms with Crippen molar-refractivity contribution in [2.45, 2.75) is 28.7 Å². The van der Waals surface area contributed by atoms with Crippen LogP contribution in [0.5, 0.6) is 5.75 Å². The quantitative estimate of drug-likeness (QED) is 0.819. The molecule has 130 valence electrons. The van der Waals surface area contributed by atoms with Gasteiger partial charge in [-0.25, -0.2) is 16.8 Å². The summed E-state index contributed by atoms with van der Waals surface area (Å²) in [5.41, 5.74) is 0. The zero-order chi connectivity index (χ0) is 17.3. The maximum absolute atomic E-state index is 12.9. The average molecular weight is 362 g/mol. The van der Waals surface area contributed by atoms with E-state index in [9.17, 15) is 16.8 Å². The van der Waals surface area contributed by atoms with E-state index in [4.69, 9.17) is 4.74 Å². The molecule has 1 aliphatic rings. The van der Waals surface area contributed by atoms with Crippen LogP contribution in [0.15, 0.2) is 28.0 Å². The van der Waals surface area contributed by atoms with E-state index in [2.05, 4.69) is 5.32 Å². The maximum atomic E-state index is 12.9. The summed E-state index contributed by atoms with van der Waals surface area (Å²) in [4.78, 5) is -0.146. The molecule has 9 heteroatoms. The third-order valence-corrected chi connectivity index (χ3v) is 7.07. The number of rotatable bonds is 5. The van der Waals surface area contributed by atoms with E-state index in [1.54, 1.807) is 0 Å². The Morgan fingerprint density at radius 3 is 2.26 bits per heavy atom. The lowest BCUT2D eigenvalue weighted by molar-refractivity contribution is 0.297. The molecular formula is C14H22N2O5S2. The zero-order valence-electron chi connectivity index (χ0n) is 13.4. The minimum atomic E-state index is -3.80. The number of piperidine rings is 1. The van der Waals surface area contributed by atoms with E-state index in [0.717, 1.165) is 6.26 Å². The van der Waals surface area contributed by atoms with Gasteiger partial charge >= 0.3 is 0 Å². The first-order valence-electron chi connectivity index (χ1n) is 7.25. The van der Waals surface area contributed by atoms with Crippen LogP contribution in [0.1, 0.15) is 12.8 Å². The van der Waals surface area contributed by atoms with Crippen LogP contribution in [0.2, 0.25) is 0 Å². The molecule has 2 rings (SSSR count). The van der Waals surface area contributed by atoms with Gasteiger partial charge in [0.2, 0.25) is 10.0 Å². The highest BCUT2D eigenvalue weighted by Crippen LogP contribution is 2.30. The van der Waals surface area contributed by atoms with Crippen molar-refractivity contribution in [3.8, 4) is 5.75 Å². The number of nitrogens with zero attached hydrogens (tertiary/aromatic N) is 1. The van der Waals surface area contributed by atoms with Crippen LogP contribution < -0.4 is 10.1 Å². The highest BCUT2D eigenvalue weighted by atomic mass is 32.2. The van der Waals surface area contributed by atoms with E-state index in [1.165, 1.54) is 29.6 Å². The predicted octanol–water partition coefficient (Wildman–Crippen LogP) is 0.471. The summed E-state index contributed by atoms with van der Waals surface area (Å²) in [6.07, 6.45) is 2.47. The van der Waals surface area contributed by atoms with Crippen LogP contribution in [-0.2, 0) is 19.9 Å². The summed E-state index contributed by atoms with van der Waals surface area (Å²) in [5.74, 6) is 0.146. The average Bonchev–Trinajstić information content (AvgIpc) is 2.53. The first-order valence-corrected chi connectivity index (χ1v) is 10.6. The van der Waals surface area contributed by atoms with Crippen molar-refractivity contribution in [1.29, 1.82) is 0 Å². The summed E-state index contributed by atoms with van der Waals surface area (Å²) in [6.45, 7) is 0.778. The molecule has 0 amide bonds. The Morgan fingerprint density at radius 1 is 1.17 bits per heavy atom. The third-order valence-electron chi connectivity index (χ3n) is 4.04. The molecule has 1 aliphatic heterocycles. The van der Waals surface area contributed by atoms with Crippen molar-refractivity contribution in [3.05, 3.63) is 18.2 Å². The largest absolute Gasteiger partial charge is 0.495 e. The van der Waals surface area contributed by atoms with Crippen molar-refractivity contribution in [2.24, 2.45) is 0 Å². The number of benzene rings is 1. The first kappa shape index (κ1) is 18.2. The van der Waals surface area contributed by atoms with Gasteiger partial charge in [0.15, 0.2) is 9.84 Å². The van der Waals surface area contributed by atoms with Crippen molar-refractivity contribution in [3.63, 3.8) is 0 Å². The van der Waals surface area contributed by atoms with Gasteiger partial charge in [-0.05, 0) is 38.1 Å². The predicted molar refractivity (Wildman–Crippen MR) is 86.9 cm³/mol. The van der Waals surface area contributed by atoms with Gasteiger partial charge in [-0.1, -0.05) is 0 Å². The lowest BCUT2D eigenvalue weighted by atomic mass is 10.1. The van der Waals surface area contributed by atoms with E-state index in [-0.39, 0.29) is 15.5 Å². The molecule has 0 aromatic heterocycles. The van der Waals surface area contributed by atoms with E-state index in [0.29, 0.717) is 32.0 Å². The number of nitrogens with one attached hydrogen (secondary N) is 1. The van der Waals surface area contributed by atoms with Gasteiger partial charge in [-0.15, -0.1) is 0 Å². The Kier molecular flexibility index (Phi) is 5.34. The summed E-state index contributed by atoms with van der Waals surface area (Å²) >= 11 is 0. The minimum absolute atomic E-state index is 0.0398. The fourth-order valence-electron chi connectivity index (χ4n) is 2.61. The molecule has 0 bridgehead atoms. The van der Waals surface area contributed by atoms with Crippen LogP contribution >= 0.6 is 0 Å². The molecule has 23 heavy (non-hydrogen) atoms.